The SMILES string of the molecule is NC(=O)c1cc2ccccc2[n+](Cc2ccc(F)cc2)c1.[Cl-]. The molecule has 0 atom stereocenters. The van der Waals surface area contributed by atoms with Crippen LogP contribution in [0.5, 0.6) is 0 Å². The van der Waals surface area contributed by atoms with Gasteiger partial charge in [-0.25, -0.2) is 4.39 Å². The fourth-order valence-corrected chi connectivity index (χ4v) is 2.37. The number of pyridine rings is 1. The zero-order valence-corrected chi connectivity index (χ0v) is 12.4. The van der Waals surface area contributed by atoms with Crippen LogP contribution in [0.1, 0.15) is 15.9 Å². The molecule has 0 saturated carbocycles. The van der Waals surface area contributed by atoms with E-state index in [9.17, 15) is 9.18 Å². The zero-order valence-electron chi connectivity index (χ0n) is 11.7. The van der Waals surface area contributed by atoms with E-state index in [-0.39, 0.29) is 18.2 Å². The maximum absolute atomic E-state index is 13.0. The van der Waals surface area contributed by atoms with Crippen LogP contribution in [0.15, 0.2) is 60.8 Å². The highest BCUT2D eigenvalue weighted by molar-refractivity contribution is 5.95. The lowest BCUT2D eigenvalue weighted by Crippen LogP contribution is -3.00. The molecule has 0 radical (unpaired) electrons. The molecule has 0 unspecified atom stereocenters. The van der Waals surface area contributed by atoms with Crippen molar-refractivity contribution < 1.29 is 26.2 Å². The van der Waals surface area contributed by atoms with Crippen LogP contribution in [-0.2, 0) is 6.54 Å². The van der Waals surface area contributed by atoms with E-state index in [1.165, 1.54) is 12.1 Å². The first kappa shape index (κ1) is 15.9. The highest BCUT2D eigenvalue weighted by atomic mass is 35.5. The van der Waals surface area contributed by atoms with E-state index in [0.29, 0.717) is 12.1 Å². The first-order valence-corrected chi connectivity index (χ1v) is 6.60. The van der Waals surface area contributed by atoms with Crippen molar-refractivity contribution in [2.24, 2.45) is 5.73 Å². The standard InChI is InChI=1S/C17H13FN2O.ClH/c18-15-7-5-12(6-8-15)10-20-11-14(17(19)21)9-13-3-1-2-4-16(13)20;/h1-9,11H,10H2,(H-,19,21);1H. The third kappa shape index (κ3) is 3.23. The Bertz CT molecular complexity index is 819. The molecule has 22 heavy (non-hydrogen) atoms. The normalized spacial score (nSPS) is 10.2. The van der Waals surface area contributed by atoms with Gasteiger partial charge in [0, 0.05) is 17.0 Å². The van der Waals surface area contributed by atoms with Crippen molar-refractivity contribution in [2.75, 3.05) is 0 Å². The molecule has 0 bridgehead atoms. The summed E-state index contributed by atoms with van der Waals surface area (Å²) in [6, 6.07) is 15.8. The number of carbonyl (C=O) groups excluding carboxylic acids is 1. The molecule has 0 aliphatic carbocycles. The summed E-state index contributed by atoms with van der Waals surface area (Å²) in [7, 11) is 0. The van der Waals surface area contributed by atoms with Gasteiger partial charge in [-0.15, -0.1) is 0 Å². The topological polar surface area (TPSA) is 47.0 Å². The van der Waals surface area contributed by atoms with Crippen LogP contribution < -0.4 is 22.7 Å². The van der Waals surface area contributed by atoms with E-state index in [0.717, 1.165) is 16.5 Å². The fourth-order valence-electron chi connectivity index (χ4n) is 2.37. The highest BCUT2D eigenvalue weighted by Gasteiger charge is 2.14. The minimum Gasteiger partial charge on any atom is -1.00 e. The Kier molecular flexibility index (Phi) is 4.73. The predicted octanol–water partition coefficient (Wildman–Crippen LogP) is -0.582. The number of rotatable bonds is 3. The fraction of sp³-hybridized carbons (Fsp3) is 0.0588. The van der Waals surface area contributed by atoms with Gasteiger partial charge in [0.1, 0.15) is 11.4 Å². The Morgan fingerprint density at radius 2 is 1.77 bits per heavy atom. The van der Waals surface area contributed by atoms with Gasteiger partial charge in [-0.05, 0) is 36.4 Å². The van der Waals surface area contributed by atoms with Gasteiger partial charge in [0.05, 0.1) is 0 Å². The number of hydrogen-bond acceptors (Lipinski definition) is 1. The predicted molar refractivity (Wildman–Crippen MR) is 78.2 cm³/mol. The first-order valence-electron chi connectivity index (χ1n) is 6.60. The van der Waals surface area contributed by atoms with E-state index < -0.39 is 5.91 Å². The van der Waals surface area contributed by atoms with Crippen LogP contribution in [0.2, 0.25) is 0 Å². The quantitative estimate of drug-likeness (QED) is 0.646. The maximum Gasteiger partial charge on any atom is 0.254 e. The third-order valence-corrected chi connectivity index (χ3v) is 3.40. The van der Waals surface area contributed by atoms with Gasteiger partial charge in [-0.3, -0.25) is 4.79 Å². The average molecular weight is 317 g/mol. The summed E-state index contributed by atoms with van der Waals surface area (Å²) in [6.07, 6.45) is 1.73. The van der Waals surface area contributed by atoms with E-state index in [2.05, 4.69) is 0 Å². The molecule has 1 heterocycles. The summed E-state index contributed by atoms with van der Waals surface area (Å²) < 4.78 is 14.9. The van der Waals surface area contributed by atoms with Crippen LogP contribution in [0.4, 0.5) is 4.39 Å². The minimum absolute atomic E-state index is 0. The lowest BCUT2D eigenvalue weighted by atomic mass is 10.1. The van der Waals surface area contributed by atoms with Crippen LogP contribution in [0, 0.1) is 5.82 Å². The minimum atomic E-state index is -0.464. The number of carbonyl (C=O) groups is 1. The van der Waals surface area contributed by atoms with E-state index >= 15 is 0 Å². The Balaban J connectivity index is 0.00000176. The summed E-state index contributed by atoms with van der Waals surface area (Å²) in [5, 5.41) is 0.941. The molecule has 3 rings (SSSR count). The van der Waals surface area contributed by atoms with E-state index in [4.69, 9.17) is 5.73 Å². The Morgan fingerprint density at radius 3 is 2.45 bits per heavy atom. The molecule has 0 fully saturated rings. The Morgan fingerprint density at radius 1 is 1.09 bits per heavy atom. The van der Waals surface area contributed by atoms with E-state index in [1.54, 1.807) is 24.4 Å². The number of amides is 1. The molecule has 3 nitrogen and oxygen atoms in total. The number of nitrogens with zero attached hydrogens (tertiary/aromatic N) is 1. The van der Waals surface area contributed by atoms with Crippen molar-refractivity contribution in [3.05, 3.63) is 77.7 Å². The second-order valence-electron chi connectivity index (χ2n) is 4.91. The molecule has 0 aliphatic rings. The smallest absolute Gasteiger partial charge is 0.254 e. The molecule has 2 aromatic carbocycles. The van der Waals surface area contributed by atoms with Gasteiger partial charge in [-0.1, -0.05) is 12.1 Å². The van der Waals surface area contributed by atoms with Gasteiger partial charge in [0.15, 0.2) is 12.7 Å². The molecule has 1 aromatic heterocycles. The van der Waals surface area contributed by atoms with Gasteiger partial charge in [0.25, 0.3) is 5.91 Å². The van der Waals surface area contributed by atoms with Gasteiger partial charge >= 0.3 is 0 Å². The number of para-hydroxylation sites is 1. The van der Waals surface area contributed by atoms with Crippen molar-refractivity contribution >= 4 is 16.8 Å². The van der Waals surface area contributed by atoms with Crippen molar-refractivity contribution in [3.8, 4) is 0 Å². The molecule has 0 aliphatic heterocycles. The lowest BCUT2D eigenvalue weighted by molar-refractivity contribution is -0.662. The summed E-state index contributed by atoms with van der Waals surface area (Å²) in [5.41, 5.74) is 7.78. The van der Waals surface area contributed by atoms with Crippen LogP contribution in [0.3, 0.4) is 0 Å². The summed E-state index contributed by atoms with van der Waals surface area (Å²) in [4.78, 5) is 11.5. The van der Waals surface area contributed by atoms with Crippen molar-refractivity contribution in [2.45, 2.75) is 6.54 Å². The van der Waals surface area contributed by atoms with Crippen molar-refractivity contribution in [3.63, 3.8) is 0 Å². The molecule has 5 heteroatoms. The maximum atomic E-state index is 13.0. The number of hydrogen-bond donors (Lipinski definition) is 1. The van der Waals surface area contributed by atoms with Crippen molar-refractivity contribution in [1.29, 1.82) is 0 Å². The highest BCUT2D eigenvalue weighted by Crippen LogP contribution is 2.12. The van der Waals surface area contributed by atoms with Crippen LogP contribution in [0.25, 0.3) is 10.9 Å². The van der Waals surface area contributed by atoms with E-state index in [1.807, 2.05) is 28.8 Å². The molecule has 3 aromatic rings. The first-order chi connectivity index (χ1) is 10.1. The number of fused-ring (bicyclic) bond motifs is 1. The molecular formula is C17H14ClFN2O. The molecule has 0 spiro atoms. The largest absolute Gasteiger partial charge is 1.00 e. The van der Waals surface area contributed by atoms with Gasteiger partial charge in [-0.2, -0.15) is 4.57 Å². The Hall–Kier alpha value is -2.46. The molecule has 112 valence electrons. The number of primary amides is 1. The average Bonchev–Trinajstić information content (AvgIpc) is 2.49. The second-order valence-corrected chi connectivity index (χ2v) is 4.91. The lowest BCUT2D eigenvalue weighted by Gasteiger charge is -2.04. The third-order valence-electron chi connectivity index (χ3n) is 3.40. The van der Waals surface area contributed by atoms with Gasteiger partial charge in [0.2, 0.25) is 5.52 Å². The second kappa shape index (κ2) is 6.54. The molecule has 1 amide bonds. The number of nitrogens with two attached hydrogens (primary N) is 1. The summed E-state index contributed by atoms with van der Waals surface area (Å²) >= 11 is 0. The van der Waals surface area contributed by atoms with Crippen LogP contribution in [-0.4, -0.2) is 5.91 Å². The molecule has 2 N–H and O–H groups in total. The van der Waals surface area contributed by atoms with Crippen molar-refractivity contribution in [1.82, 2.24) is 0 Å². The van der Waals surface area contributed by atoms with Crippen LogP contribution >= 0.6 is 0 Å². The number of halogens is 2. The monoisotopic (exact) mass is 316 g/mol. The number of benzene rings is 2. The number of aromatic nitrogens is 1. The summed E-state index contributed by atoms with van der Waals surface area (Å²) in [5.74, 6) is -0.729. The molecular weight excluding hydrogens is 303 g/mol. The zero-order chi connectivity index (χ0) is 14.8. The molecule has 0 saturated heterocycles. The summed E-state index contributed by atoms with van der Waals surface area (Å²) in [6.45, 7) is 0.544. The van der Waals surface area contributed by atoms with Gasteiger partial charge < -0.3 is 18.1 Å². The Labute approximate surface area is 133 Å².